The lowest BCUT2D eigenvalue weighted by Gasteiger charge is -2.31. The zero-order valence-electron chi connectivity index (χ0n) is 16.7. The summed E-state index contributed by atoms with van der Waals surface area (Å²) in [6.07, 6.45) is -2.98. The van der Waals surface area contributed by atoms with Crippen molar-refractivity contribution in [3.05, 3.63) is 24.3 Å². The Morgan fingerprint density at radius 3 is 2.39 bits per heavy atom. The van der Waals surface area contributed by atoms with Crippen LogP contribution in [0.4, 0.5) is 13.2 Å². The summed E-state index contributed by atoms with van der Waals surface area (Å²) in [5, 5.41) is 6.41. The first-order valence-corrected chi connectivity index (χ1v) is 9.74. The molecule has 1 aromatic rings. The van der Waals surface area contributed by atoms with Crippen LogP contribution in [0.3, 0.4) is 0 Å². The molecule has 0 bridgehead atoms. The van der Waals surface area contributed by atoms with E-state index in [0.29, 0.717) is 43.4 Å². The van der Waals surface area contributed by atoms with Gasteiger partial charge in [-0.1, -0.05) is 12.1 Å². The van der Waals surface area contributed by atoms with Gasteiger partial charge in [-0.2, -0.15) is 13.2 Å². The average Bonchev–Trinajstić information content (AvgIpc) is 2.66. The molecule has 0 heterocycles. The monoisotopic (exact) mass is 401 g/mol. The lowest BCUT2D eigenvalue weighted by molar-refractivity contribution is -0.182. The minimum absolute atomic E-state index is 0.00171. The molecule has 8 heteroatoms. The Morgan fingerprint density at radius 2 is 1.82 bits per heavy atom. The van der Waals surface area contributed by atoms with Crippen LogP contribution in [0.1, 0.15) is 39.5 Å². The van der Waals surface area contributed by atoms with Crippen LogP contribution in [-0.4, -0.2) is 44.5 Å². The number of rotatable bonds is 7. The number of guanidine groups is 1. The topological polar surface area (TPSA) is 54.9 Å². The van der Waals surface area contributed by atoms with E-state index in [9.17, 15) is 13.2 Å². The fraction of sp³-hybridized carbons (Fsp3) is 0.650. The van der Waals surface area contributed by atoms with E-state index in [2.05, 4.69) is 15.6 Å². The highest BCUT2D eigenvalue weighted by Gasteiger charge is 2.41. The first kappa shape index (κ1) is 22.2. The molecule has 5 nitrogen and oxygen atoms in total. The third kappa shape index (κ3) is 6.80. The second-order valence-electron chi connectivity index (χ2n) is 7.03. The number of nitrogens with one attached hydrogen (secondary N) is 2. The van der Waals surface area contributed by atoms with Gasteiger partial charge in [-0.25, -0.2) is 4.99 Å². The zero-order chi connectivity index (χ0) is 20.6. The second kappa shape index (κ2) is 10.4. The molecule has 28 heavy (non-hydrogen) atoms. The van der Waals surface area contributed by atoms with E-state index in [0.717, 1.165) is 0 Å². The highest BCUT2D eigenvalue weighted by molar-refractivity contribution is 5.80. The first-order chi connectivity index (χ1) is 13.3. The number of nitrogens with zero attached hydrogens (tertiary/aromatic N) is 1. The number of ether oxygens (including phenoxy) is 2. The molecule has 1 unspecified atom stereocenters. The van der Waals surface area contributed by atoms with Gasteiger partial charge in [-0.15, -0.1) is 0 Å². The van der Waals surface area contributed by atoms with Crippen molar-refractivity contribution in [1.29, 1.82) is 0 Å². The SMILES string of the molecule is CCNC(=NCC(C)Oc1ccccc1OC)NC1CCC(C(F)(F)F)CC1. The van der Waals surface area contributed by atoms with Crippen LogP contribution in [0.15, 0.2) is 29.3 Å². The van der Waals surface area contributed by atoms with Crippen LogP contribution in [0.5, 0.6) is 11.5 Å². The quantitative estimate of drug-likeness (QED) is 0.533. The summed E-state index contributed by atoms with van der Waals surface area (Å²) < 4.78 is 49.6. The van der Waals surface area contributed by atoms with Gasteiger partial charge in [0.1, 0.15) is 6.10 Å². The smallest absolute Gasteiger partial charge is 0.391 e. The molecule has 1 aliphatic carbocycles. The molecule has 0 spiro atoms. The van der Waals surface area contributed by atoms with Gasteiger partial charge in [0.05, 0.1) is 19.6 Å². The molecule has 1 aromatic carbocycles. The molecule has 0 aliphatic heterocycles. The second-order valence-corrected chi connectivity index (χ2v) is 7.03. The lowest BCUT2D eigenvalue weighted by atomic mass is 9.85. The van der Waals surface area contributed by atoms with E-state index < -0.39 is 12.1 Å². The van der Waals surface area contributed by atoms with Crippen LogP contribution < -0.4 is 20.1 Å². The summed E-state index contributed by atoms with van der Waals surface area (Å²) in [7, 11) is 1.59. The number of hydrogen-bond acceptors (Lipinski definition) is 3. The van der Waals surface area contributed by atoms with Gasteiger partial charge in [-0.05, 0) is 51.7 Å². The summed E-state index contributed by atoms with van der Waals surface area (Å²) in [5.41, 5.74) is 0. The number of aliphatic imine (C=N–C) groups is 1. The van der Waals surface area contributed by atoms with Crippen molar-refractivity contribution >= 4 is 5.96 Å². The highest BCUT2D eigenvalue weighted by atomic mass is 19.4. The van der Waals surface area contributed by atoms with Gasteiger partial charge in [0, 0.05) is 12.6 Å². The molecule has 0 amide bonds. The fourth-order valence-corrected chi connectivity index (χ4v) is 3.27. The van der Waals surface area contributed by atoms with Crippen molar-refractivity contribution in [1.82, 2.24) is 10.6 Å². The Balaban J connectivity index is 1.88. The van der Waals surface area contributed by atoms with Gasteiger partial charge in [0.15, 0.2) is 17.5 Å². The Hall–Kier alpha value is -2.12. The maximum Gasteiger partial charge on any atom is 0.391 e. The minimum Gasteiger partial charge on any atom is -0.493 e. The van der Waals surface area contributed by atoms with Crippen LogP contribution >= 0.6 is 0 Å². The van der Waals surface area contributed by atoms with Gasteiger partial charge in [0.2, 0.25) is 0 Å². The molecule has 0 saturated heterocycles. The summed E-state index contributed by atoms with van der Waals surface area (Å²) >= 11 is 0. The fourth-order valence-electron chi connectivity index (χ4n) is 3.27. The highest BCUT2D eigenvalue weighted by Crippen LogP contribution is 2.37. The standard InChI is InChI=1S/C20H30F3N3O2/c1-4-24-19(26-16-11-9-15(10-12-16)20(21,22)23)25-13-14(2)28-18-8-6-5-7-17(18)27-3/h5-8,14-16H,4,9-13H2,1-3H3,(H2,24,25,26). The van der Waals surface area contributed by atoms with E-state index in [1.807, 2.05) is 38.1 Å². The third-order valence-electron chi connectivity index (χ3n) is 4.78. The summed E-state index contributed by atoms with van der Waals surface area (Å²) in [6.45, 7) is 4.94. The van der Waals surface area contributed by atoms with Crippen molar-refractivity contribution in [3.8, 4) is 11.5 Å². The first-order valence-electron chi connectivity index (χ1n) is 9.74. The Morgan fingerprint density at radius 1 is 1.18 bits per heavy atom. The number of alkyl halides is 3. The molecule has 158 valence electrons. The average molecular weight is 401 g/mol. The number of halogens is 3. The summed E-state index contributed by atoms with van der Waals surface area (Å²) in [4.78, 5) is 4.53. The lowest BCUT2D eigenvalue weighted by Crippen LogP contribution is -2.46. The third-order valence-corrected chi connectivity index (χ3v) is 4.78. The molecule has 2 N–H and O–H groups in total. The maximum atomic E-state index is 12.8. The molecular weight excluding hydrogens is 371 g/mol. The number of hydrogen-bond donors (Lipinski definition) is 2. The van der Waals surface area contributed by atoms with Crippen LogP contribution in [-0.2, 0) is 0 Å². The predicted molar refractivity (Wildman–Crippen MR) is 104 cm³/mol. The van der Waals surface area contributed by atoms with Crippen LogP contribution in [0, 0.1) is 5.92 Å². The van der Waals surface area contributed by atoms with Gasteiger partial charge >= 0.3 is 6.18 Å². The van der Waals surface area contributed by atoms with E-state index in [1.54, 1.807) is 7.11 Å². The normalized spacial score (nSPS) is 21.7. The van der Waals surface area contributed by atoms with Crippen molar-refractivity contribution < 1.29 is 22.6 Å². The van der Waals surface area contributed by atoms with Crippen molar-refractivity contribution in [2.45, 2.75) is 57.9 Å². The largest absolute Gasteiger partial charge is 0.493 e. The van der Waals surface area contributed by atoms with Gasteiger partial charge < -0.3 is 20.1 Å². The van der Waals surface area contributed by atoms with Crippen LogP contribution in [0.25, 0.3) is 0 Å². The van der Waals surface area contributed by atoms with Crippen molar-refractivity contribution in [2.24, 2.45) is 10.9 Å². The van der Waals surface area contributed by atoms with Crippen LogP contribution in [0.2, 0.25) is 0 Å². The van der Waals surface area contributed by atoms with E-state index >= 15 is 0 Å². The van der Waals surface area contributed by atoms with E-state index in [1.165, 1.54) is 0 Å². The zero-order valence-corrected chi connectivity index (χ0v) is 16.7. The molecule has 0 radical (unpaired) electrons. The molecule has 0 aromatic heterocycles. The summed E-state index contributed by atoms with van der Waals surface area (Å²) in [5.74, 6) is 0.730. The molecule has 1 fully saturated rings. The molecule has 1 atom stereocenters. The minimum atomic E-state index is -4.09. The molecular formula is C20H30F3N3O2. The Bertz CT molecular complexity index is 629. The van der Waals surface area contributed by atoms with E-state index in [-0.39, 0.29) is 25.0 Å². The van der Waals surface area contributed by atoms with Crippen molar-refractivity contribution in [3.63, 3.8) is 0 Å². The molecule has 2 rings (SSSR count). The summed E-state index contributed by atoms with van der Waals surface area (Å²) in [6, 6.07) is 7.41. The Kier molecular flexibility index (Phi) is 8.26. The van der Waals surface area contributed by atoms with Gasteiger partial charge in [-0.3, -0.25) is 0 Å². The van der Waals surface area contributed by atoms with E-state index in [4.69, 9.17) is 9.47 Å². The number of methoxy groups -OCH3 is 1. The predicted octanol–water partition coefficient (Wildman–Crippen LogP) is 4.14. The Labute approximate surface area is 164 Å². The van der Waals surface area contributed by atoms with Gasteiger partial charge in [0.25, 0.3) is 0 Å². The molecule has 1 aliphatic rings. The van der Waals surface area contributed by atoms with Crippen molar-refractivity contribution in [2.75, 3.05) is 20.2 Å². The number of benzene rings is 1. The number of para-hydroxylation sites is 2. The molecule has 1 saturated carbocycles. The maximum absolute atomic E-state index is 12.8.